The molecule has 0 amide bonds. The Morgan fingerprint density at radius 2 is 1.92 bits per heavy atom. The van der Waals surface area contributed by atoms with Gasteiger partial charge in [-0.3, -0.25) is 18.5 Å². The number of rotatable bonds is 5. The normalized spacial score (nSPS) is 15.7. The molecule has 192 valence electrons. The second-order valence-corrected chi connectivity index (χ2v) is 9.55. The topological polar surface area (TPSA) is 120 Å². The number of benzene rings is 1. The lowest BCUT2D eigenvalue weighted by Crippen LogP contribution is -2.44. The Balaban J connectivity index is 1.69. The van der Waals surface area contributed by atoms with E-state index in [0.717, 1.165) is 36.1 Å². The second kappa shape index (κ2) is 9.71. The number of hydrogen-bond acceptors (Lipinski definition) is 8. The van der Waals surface area contributed by atoms with Gasteiger partial charge in [-0.2, -0.15) is 4.98 Å². The Morgan fingerprint density at radius 1 is 1.14 bits per heavy atom. The molecule has 3 aromatic heterocycles. The Bertz CT molecular complexity index is 1670. The number of nitrogens with two attached hydrogens (primary N) is 1. The molecule has 2 N–H and O–H groups in total. The average Bonchev–Trinajstić information content (AvgIpc) is 3.28. The molecule has 1 saturated heterocycles. The molecule has 11 heteroatoms. The molecule has 5 rings (SSSR count). The third kappa shape index (κ3) is 4.34. The van der Waals surface area contributed by atoms with Gasteiger partial charge in [0.2, 0.25) is 5.95 Å². The van der Waals surface area contributed by atoms with Crippen LogP contribution in [-0.2, 0) is 20.1 Å². The predicted octanol–water partition coefficient (Wildman–Crippen LogP) is 0.905. The van der Waals surface area contributed by atoms with E-state index in [1.807, 2.05) is 43.3 Å². The summed E-state index contributed by atoms with van der Waals surface area (Å²) < 4.78 is 4.39. The smallest absolute Gasteiger partial charge is 0.332 e. The van der Waals surface area contributed by atoms with E-state index in [2.05, 4.69) is 26.7 Å². The van der Waals surface area contributed by atoms with Gasteiger partial charge in [0.25, 0.3) is 5.56 Å². The predicted molar refractivity (Wildman–Crippen MR) is 145 cm³/mol. The van der Waals surface area contributed by atoms with E-state index in [-0.39, 0.29) is 19.1 Å². The molecular weight excluding hydrogens is 470 g/mol. The number of anilines is 2. The summed E-state index contributed by atoms with van der Waals surface area (Å²) in [6.45, 7) is 3.36. The summed E-state index contributed by atoms with van der Waals surface area (Å²) in [6, 6.07) is 7.70. The van der Waals surface area contributed by atoms with Crippen LogP contribution in [0.1, 0.15) is 25.6 Å². The molecule has 4 heterocycles. The Kier molecular flexibility index (Phi) is 6.43. The first-order valence-electron chi connectivity index (χ1n) is 12.3. The van der Waals surface area contributed by atoms with Gasteiger partial charge in [0.1, 0.15) is 5.82 Å². The van der Waals surface area contributed by atoms with E-state index >= 15 is 0 Å². The number of hydrogen-bond donors (Lipinski definition) is 1. The first-order valence-corrected chi connectivity index (χ1v) is 12.3. The van der Waals surface area contributed by atoms with Crippen molar-refractivity contribution < 1.29 is 0 Å². The number of fused-ring (bicyclic) bond motifs is 2. The minimum Gasteiger partial charge on any atom is -0.362 e. The van der Waals surface area contributed by atoms with E-state index in [9.17, 15) is 9.59 Å². The lowest BCUT2D eigenvalue weighted by molar-refractivity contribution is 0.496. The van der Waals surface area contributed by atoms with Crippen molar-refractivity contribution in [2.24, 2.45) is 12.8 Å². The van der Waals surface area contributed by atoms with Crippen LogP contribution in [0.3, 0.4) is 0 Å². The van der Waals surface area contributed by atoms with Crippen LogP contribution in [0.25, 0.3) is 22.1 Å². The summed E-state index contributed by atoms with van der Waals surface area (Å²) >= 11 is 0. The van der Waals surface area contributed by atoms with Crippen molar-refractivity contribution >= 4 is 33.8 Å². The van der Waals surface area contributed by atoms with Crippen LogP contribution in [0.15, 0.2) is 33.9 Å². The molecule has 0 radical (unpaired) electrons. The molecule has 1 aliphatic rings. The molecular formula is C26H31N9O2. The fourth-order valence-corrected chi connectivity index (χ4v) is 4.90. The number of para-hydroxylation sites is 1. The van der Waals surface area contributed by atoms with E-state index in [1.54, 1.807) is 18.5 Å². The van der Waals surface area contributed by atoms with E-state index in [1.165, 1.54) is 9.13 Å². The van der Waals surface area contributed by atoms with Crippen LogP contribution < -0.4 is 26.8 Å². The van der Waals surface area contributed by atoms with Gasteiger partial charge >= 0.3 is 5.69 Å². The molecule has 0 aliphatic carbocycles. The van der Waals surface area contributed by atoms with E-state index < -0.39 is 11.2 Å². The highest BCUT2D eigenvalue weighted by molar-refractivity contribution is 5.89. The van der Waals surface area contributed by atoms with Gasteiger partial charge in [-0.15, -0.1) is 5.92 Å². The summed E-state index contributed by atoms with van der Waals surface area (Å²) in [7, 11) is 5.43. The van der Waals surface area contributed by atoms with Gasteiger partial charge in [0.15, 0.2) is 17.0 Å². The van der Waals surface area contributed by atoms with Gasteiger partial charge in [-0.05, 0) is 31.9 Å². The zero-order valence-corrected chi connectivity index (χ0v) is 21.6. The number of imidazole rings is 1. The van der Waals surface area contributed by atoms with Gasteiger partial charge in [-0.25, -0.2) is 14.8 Å². The molecule has 37 heavy (non-hydrogen) atoms. The summed E-state index contributed by atoms with van der Waals surface area (Å²) in [6.07, 6.45) is 1.87. The van der Waals surface area contributed by atoms with Crippen molar-refractivity contribution in [3.05, 3.63) is 50.9 Å². The van der Waals surface area contributed by atoms with Crippen LogP contribution in [0.2, 0.25) is 0 Å². The third-order valence-corrected chi connectivity index (χ3v) is 6.72. The first kappa shape index (κ1) is 24.5. The zero-order chi connectivity index (χ0) is 26.3. The number of nitrogens with zero attached hydrogens (tertiary/aromatic N) is 8. The minimum absolute atomic E-state index is 0.0238. The molecule has 1 fully saturated rings. The highest BCUT2D eigenvalue weighted by Gasteiger charge is 2.26. The van der Waals surface area contributed by atoms with Crippen molar-refractivity contribution in [1.82, 2.24) is 28.7 Å². The van der Waals surface area contributed by atoms with Crippen LogP contribution in [-0.4, -0.2) is 61.9 Å². The van der Waals surface area contributed by atoms with E-state index in [4.69, 9.17) is 10.7 Å². The Labute approximate surface area is 214 Å². The Morgan fingerprint density at radius 3 is 2.65 bits per heavy atom. The molecule has 0 bridgehead atoms. The first-order chi connectivity index (χ1) is 17.8. The van der Waals surface area contributed by atoms with Crippen molar-refractivity contribution in [1.29, 1.82) is 0 Å². The van der Waals surface area contributed by atoms with E-state index in [0.29, 0.717) is 29.5 Å². The monoisotopic (exact) mass is 501 g/mol. The molecule has 11 nitrogen and oxygen atoms in total. The zero-order valence-electron chi connectivity index (χ0n) is 21.6. The van der Waals surface area contributed by atoms with Crippen LogP contribution in [0.5, 0.6) is 0 Å². The SMILES string of the molecule is CC#CCn1c(N2CCCC(N)C2)nc2c1c(=O)n(Cc1nc(N(C)C)c3ccccc3n1)c(=O)n2C. The quantitative estimate of drug-likeness (QED) is 0.401. The van der Waals surface area contributed by atoms with Gasteiger partial charge in [0.05, 0.1) is 18.6 Å². The van der Waals surface area contributed by atoms with Crippen LogP contribution in [0, 0.1) is 11.8 Å². The van der Waals surface area contributed by atoms with Gasteiger partial charge in [0, 0.05) is 45.7 Å². The van der Waals surface area contributed by atoms with Gasteiger partial charge < -0.3 is 15.5 Å². The molecule has 1 unspecified atom stereocenters. The molecule has 1 aliphatic heterocycles. The van der Waals surface area contributed by atoms with Crippen molar-refractivity contribution in [2.75, 3.05) is 37.0 Å². The fraction of sp³-hybridized carbons (Fsp3) is 0.423. The van der Waals surface area contributed by atoms with Crippen LogP contribution >= 0.6 is 0 Å². The molecule has 1 atom stereocenters. The van der Waals surface area contributed by atoms with Gasteiger partial charge in [-0.1, -0.05) is 18.1 Å². The maximum atomic E-state index is 13.9. The highest BCUT2D eigenvalue weighted by Crippen LogP contribution is 2.24. The lowest BCUT2D eigenvalue weighted by atomic mass is 10.1. The largest absolute Gasteiger partial charge is 0.362 e. The highest BCUT2D eigenvalue weighted by atomic mass is 16.2. The molecule has 1 aromatic carbocycles. The average molecular weight is 502 g/mol. The standard InChI is InChI=1S/C26H31N9O2/c1-5-6-14-34-21-23(30-25(34)33-13-9-10-17(27)15-33)32(4)26(37)35(24(21)36)16-20-28-19-12-8-7-11-18(19)22(29-20)31(2)3/h7-8,11-12,17H,9-10,13-16,27H2,1-4H3. The number of aromatic nitrogens is 6. The summed E-state index contributed by atoms with van der Waals surface area (Å²) in [5, 5.41) is 0.896. The number of piperidine rings is 1. The Hall–Kier alpha value is -4.17. The third-order valence-electron chi connectivity index (χ3n) is 6.72. The second-order valence-electron chi connectivity index (χ2n) is 9.55. The molecule has 0 saturated carbocycles. The maximum absolute atomic E-state index is 13.9. The molecule has 0 spiro atoms. The lowest BCUT2D eigenvalue weighted by Gasteiger charge is -2.31. The molecule has 4 aromatic rings. The van der Waals surface area contributed by atoms with Crippen molar-refractivity contribution in [3.8, 4) is 11.8 Å². The summed E-state index contributed by atoms with van der Waals surface area (Å²) in [4.78, 5) is 45.3. The summed E-state index contributed by atoms with van der Waals surface area (Å²) in [5.41, 5.74) is 6.70. The van der Waals surface area contributed by atoms with Crippen molar-refractivity contribution in [3.63, 3.8) is 0 Å². The summed E-state index contributed by atoms with van der Waals surface area (Å²) in [5.74, 6) is 7.66. The number of aryl methyl sites for hydroxylation is 1. The van der Waals surface area contributed by atoms with Crippen LogP contribution in [0.4, 0.5) is 11.8 Å². The van der Waals surface area contributed by atoms with Crippen molar-refractivity contribution in [2.45, 2.75) is 38.9 Å². The maximum Gasteiger partial charge on any atom is 0.332 e. The minimum atomic E-state index is -0.478. The fourth-order valence-electron chi connectivity index (χ4n) is 4.90.